The van der Waals surface area contributed by atoms with Crippen molar-refractivity contribution in [3.63, 3.8) is 0 Å². The highest BCUT2D eigenvalue weighted by Gasteiger charge is 2.09. The van der Waals surface area contributed by atoms with Crippen LogP contribution in [0.3, 0.4) is 0 Å². The van der Waals surface area contributed by atoms with Gasteiger partial charge in [0.1, 0.15) is 5.75 Å². The minimum Gasteiger partial charge on any atom is -0.495 e. The molecule has 0 saturated carbocycles. The van der Waals surface area contributed by atoms with Gasteiger partial charge in [-0.25, -0.2) is 4.98 Å². The lowest BCUT2D eigenvalue weighted by molar-refractivity contribution is 0.0951. The van der Waals surface area contributed by atoms with E-state index in [1.54, 1.807) is 30.7 Å². The van der Waals surface area contributed by atoms with Crippen molar-refractivity contribution < 1.29 is 9.53 Å². The number of halogens is 1. The van der Waals surface area contributed by atoms with Crippen LogP contribution >= 0.6 is 11.6 Å². The predicted molar refractivity (Wildman–Crippen MR) is 92.7 cm³/mol. The number of rotatable bonds is 5. The molecule has 1 amide bonds. The molecule has 24 heavy (non-hydrogen) atoms. The third-order valence-corrected chi connectivity index (χ3v) is 3.90. The zero-order valence-electron chi connectivity index (χ0n) is 13.1. The van der Waals surface area contributed by atoms with Crippen molar-refractivity contribution in [1.29, 1.82) is 0 Å². The summed E-state index contributed by atoms with van der Waals surface area (Å²) in [4.78, 5) is 16.2. The molecule has 0 fully saturated rings. The lowest BCUT2D eigenvalue weighted by Gasteiger charge is -2.08. The van der Waals surface area contributed by atoms with Gasteiger partial charge < -0.3 is 14.6 Å². The maximum absolute atomic E-state index is 12.2. The minimum absolute atomic E-state index is 0.182. The molecule has 2 aromatic carbocycles. The number of nitrogens with one attached hydrogen (secondary N) is 1. The third kappa shape index (κ3) is 3.58. The van der Waals surface area contributed by atoms with Gasteiger partial charge in [-0.05, 0) is 35.9 Å². The zero-order valence-corrected chi connectivity index (χ0v) is 13.8. The van der Waals surface area contributed by atoms with Crippen molar-refractivity contribution in [3.8, 4) is 11.4 Å². The van der Waals surface area contributed by atoms with Crippen LogP contribution in [0.1, 0.15) is 15.9 Å². The summed E-state index contributed by atoms with van der Waals surface area (Å²) in [5.41, 5.74) is 2.52. The van der Waals surface area contributed by atoms with Gasteiger partial charge in [-0.15, -0.1) is 0 Å². The van der Waals surface area contributed by atoms with Gasteiger partial charge in [0.15, 0.2) is 0 Å². The van der Waals surface area contributed by atoms with Crippen LogP contribution in [0.5, 0.6) is 5.75 Å². The molecule has 0 aliphatic rings. The number of methoxy groups -OCH3 is 1. The lowest BCUT2D eigenvalue weighted by atomic mass is 10.1. The quantitative estimate of drug-likeness (QED) is 0.773. The van der Waals surface area contributed by atoms with E-state index in [1.807, 2.05) is 35.0 Å². The molecule has 0 radical (unpaired) electrons. The van der Waals surface area contributed by atoms with Crippen molar-refractivity contribution in [2.75, 3.05) is 7.11 Å². The molecule has 0 unspecified atom stereocenters. The third-order valence-electron chi connectivity index (χ3n) is 3.61. The van der Waals surface area contributed by atoms with Crippen LogP contribution in [0.25, 0.3) is 5.69 Å². The van der Waals surface area contributed by atoms with Gasteiger partial charge in [-0.1, -0.05) is 23.7 Å². The highest BCUT2D eigenvalue weighted by atomic mass is 35.5. The van der Waals surface area contributed by atoms with E-state index in [9.17, 15) is 4.79 Å². The normalized spacial score (nSPS) is 10.4. The van der Waals surface area contributed by atoms with Gasteiger partial charge in [-0.3, -0.25) is 4.79 Å². The Morgan fingerprint density at radius 2 is 2.04 bits per heavy atom. The summed E-state index contributed by atoms with van der Waals surface area (Å²) in [5, 5.41) is 3.29. The Bertz CT molecular complexity index is 830. The Labute approximate surface area is 144 Å². The molecule has 1 heterocycles. The van der Waals surface area contributed by atoms with Crippen LogP contribution in [0, 0.1) is 0 Å². The number of aromatic nitrogens is 2. The summed E-state index contributed by atoms with van der Waals surface area (Å²) in [6.45, 7) is 0.437. The molecule has 1 N–H and O–H groups in total. The fourth-order valence-electron chi connectivity index (χ4n) is 2.29. The Hall–Kier alpha value is -2.79. The first-order valence-corrected chi connectivity index (χ1v) is 7.74. The predicted octanol–water partition coefficient (Wildman–Crippen LogP) is 3.46. The molecule has 1 aromatic heterocycles. The number of amides is 1. The first-order valence-electron chi connectivity index (χ1n) is 7.36. The number of benzene rings is 2. The van der Waals surface area contributed by atoms with Gasteiger partial charge in [0.05, 0.1) is 18.5 Å². The monoisotopic (exact) mass is 341 g/mol. The Morgan fingerprint density at radius 1 is 1.25 bits per heavy atom. The van der Waals surface area contributed by atoms with Crippen molar-refractivity contribution in [2.45, 2.75) is 6.54 Å². The highest BCUT2D eigenvalue weighted by Crippen LogP contribution is 2.24. The molecule has 0 aliphatic carbocycles. The second-order valence-corrected chi connectivity index (χ2v) is 5.58. The molecule has 6 heteroatoms. The number of imidazole rings is 1. The number of carbonyl (C=O) groups excluding carboxylic acids is 1. The van der Waals surface area contributed by atoms with Crippen molar-refractivity contribution in [3.05, 3.63) is 77.3 Å². The second-order valence-electron chi connectivity index (χ2n) is 5.17. The van der Waals surface area contributed by atoms with Crippen LogP contribution in [-0.4, -0.2) is 22.6 Å². The van der Waals surface area contributed by atoms with Crippen LogP contribution < -0.4 is 10.1 Å². The Morgan fingerprint density at radius 3 is 2.67 bits per heavy atom. The zero-order chi connectivity index (χ0) is 16.9. The number of hydrogen-bond donors (Lipinski definition) is 1. The van der Waals surface area contributed by atoms with Crippen molar-refractivity contribution in [1.82, 2.24) is 14.9 Å². The van der Waals surface area contributed by atoms with Crippen molar-refractivity contribution in [2.24, 2.45) is 0 Å². The number of hydrogen-bond acceptors (Lipinski definition) is 3. The summed E-state index contributed by atoms with van der Waals surface area (Å²) >= 11 is 6.04. The molecule has 0 aliphatic heterocycles. The van der Waals surface area contributed by atoms with E-state index < -0.39 is 0 Å². The van der Waals surface area contributed by atoms with E-state index in [2.05, 4.69) is 10.3 Å². The Kier molecular flexibility index (Phi) is 4.82. The van der Waals surface area contributed by atoms with Crippen LogP contribution in [0.2, 0.25) is 5.02 Å². The number of nitrogens with zero attached hydrogens (tertiary/aromatic N) is 2. The van der Waals surface area contributed by atoms with Crippen LogP contribution in [0.4, 0.5) is 0 Å². The number of carbonyl (C=O) groups is 1. The Balaban J connectivity index is 1.63. The van der Waals surface area contributed by atoms with Crippen molar-refractivity contribution >= 4 is 17.5 Å². The van der Waals surface area contributed by atoms with E-state index >= 15 is 0 Å². The first kappa shape index (κ1) is 16.1. The molecule has 3 aromatic rings. The van der Waals surface area contributed by atoms with E-state index in [0.29, 0.717) is 22.9 Å². The van der Waals surface area contributed by atoms with E-state index in [-0.39, 0.29) is 5.91 Å². The minimum atomic E-state index is -0.182. The molecule has 0 bridgehead atoms. The van der Waals surface area contributed by atoms with Gasteiger partial charge in [0.25, 0.3) is 5.91 Å². The summed E-state index contributed by atoms with van der Waals surface area (Å²) < 4.78 is 7.00. The standard InChI is InChI=1S/C18H16ClN3O2/c1-24-17-7-4-14(10-16(17)19)18(23)21-11-13-2-5-15(6-3-13)22-9-8-20-12-22/h2-10,12H,11H2,1H3,(H,21,23). The average Bonchev–Trinajstić information content (AvgIpc) is 3.14. The summed E-state index contributed by atoms with van der Waals surface area (Å²) in [7, 11) is 1.54. The van der Waals surface area contributed by atoms with Crippen LogP contribution in [-0.2, 0) is 6.54 Å². The molecule has 5 nitrogen and oxygen atoms in total. The highest BCUT2D eigenvalue weighted by molar-refractivity contribution is 6.32. The fourth-order valence-corrected chi connectivity index (χ4v) is 2.55. The summed E-state index contributed by atoms with van der Waals surface area (Å²) in [5.74, 6) is 0.363. The molecular weight excluding hydrogens is 326 g/mol. The van der Waals surface area contributed by atoms with Crippen LogP contribution in [0.15, 0.2) is 61.2 Å². The lowest BCUT2D eigenvalue weighted by Crippen LogP contribution is -2.22. The SMILES string of the molecule is COc1ccc(C(=O)NCc2ccc(-n3ccnc3)cc2)cc1Cl. The maximum Gasteiger partial charge on any atom is 0.251 e. The molecule has 122 valence electrons. The molecule has 0 saturated heterocycles. The van der Waals surface area contributed by atoms with Gasteiger partial charge in [0, 0.05) is 30.2 Å². The largest absolute Gasteiger partial charge is 0.495 e. The van der Waals surface area contributed by atoms with E-state index in [1.165, 1.54) is 7.11 Å². The second kappa shape index (κ2) is 7.19. The van der Waals surface area contributed by atoms with E-state index in [0.717, 1.165) is 11.3 Å². The smallest absolute Gasteiger partial charge is 0.251 e. The topological polar surface area (TPSA) is 56.1 Å². The van der Waals surface area contributed by atoms with Gasteiger partial charge in [0.2, 0.25) is 0 Å². The van der Waals surface area contributed by atoms with Gasteiger partial charge in [-0.2, -0.15) is 0 Å². The average molecular weight is 342 g/mol. The molecule has 0 atom stereocenters. The molecule has 0 spiro atoms. The first-order chi connectivity index (χ1) is 11.7. The summed E-state index contributed by atoms with van der Waals surface area (Å²) in [6, 6.07) is 12.9. The maximum atomic E-state index is 12.2. The summed E-state index contributed by atoms with van der Waals surface area (Å²) in [6.07, 6.45) is 5.35. The number of ether oxygens (including phenoxy) is 1. The van der Waals surface area contributed by atoms with E-state index in [4.69, 9.17) is 16.3 Å². The molecule has 3 rings (SSSR count). The fraction of sp³-hybridized carbons (Fsp3) is 0.111. The van der Waals surface area contributed by atoms with Gasteiger partial charge >= 0.3 is 0 Å². The molecular formula is C18H16ClN3O2.